The summed E-state index contributed by atoms with van der Waals surface area (Å²) in [7, 11) is 0. The highest BCUT2D eigenvalue weighted by atomic mass is 16.6. The Balaban J connectivity index is 1.44. The summed E-state index contributed by atoms with van der Waals surface area (Å²) in [4.78, 5) is 16.8. The van der Waals surface area contributed by atoms with Gasteiger partial charge in [-0.3, -0.25) is 0 Å². The third kappa shape index (κ3) is 4.42. The minimum Gasteiger partial charge on any atom is -0.445 e. The Morgan fingerprint density at radius 2 is 1.81 bits per heavy atom. The zero-order valence-electron chi connectivity index (χ0n) is 15.6. The van der Waals surface area contributed by atoms with E-state index in [0.29, 0.717) is 13.2 Å². The highest BCUT2D eigenvalue weighted by Gasteiger charge is 2.21. The molecule has 0 aliphatic carbocycles. The topological polar surface area (TPSA) is 42.0 Å². The molecule has 4 rings (SSSR count). The molecule has 0 N–H and O–H groups in total. The summed E-state index contributed by atoms with van der Waals surface area (Å²) in [6.45, 7) is 5.04. The minimum absolute atomic E-state index is 0.233. The molecule has 5 heteroatoms. The molecular weight excluding hydrogens is 340 g/mol. The van der Waals surface area contributed by atoms with E-state index >= 15 is 0 Å². The lowest BCUT2D eigenvalue weighted by molar-refractivity contribution is 0.0942. The fraction of sp³-hybridized carbons (Fsp3) is 0.409. The van der Waals surface area contributed by atoms with Crippen LogP contribution in [0.15, 0.2) is 48.5 Å². The van der Waals surface area contributed by atoms with Gasteiger partial charge in [0.25, 0.3) is 0 Å². The lowest BCUT2D eigenvalue weighted by Crippen LogP contribution is -2.36. The van der Waals surface area contributed by atoms with Crippen molar-refractivity contribution < 1.29 is 14.3 Å². The van der Waals surface area contributed by atoms with Crippen molar-refractivity contribution >= 4 is 11.8 Å². The van der Waals surface area contributed by atoms with Crippen LogP contribution in [0.3, 0.4) is 0 Å². The van der Waals surface area contributed by atoms with Gasteiger partial charge in [0, 0.05) is 31.9 Å². The van der Waals surface area contributed by atoms with E-state index in [4.69, 9.17) is 9.47 Å². The Morgan fingerprint density at radius 3 is 2.63 bits per heavy atom. The van der Waals surface area contributed by atoms with E-state index in [9.17, 15) is 4.79 Å². The second-order valence-corrected chi connectivity index (χ2v) is 7.12. The second-order valence-electron chi connectivity index (χ2n) is 7.12. The predicted octanol–water partition coefficient (Wildman–Crippen LogP) is 3.61. The number of aryl methyl sites for hydroxylation is 1. The number of anilines is 1. The standard InChI is InChI=1S/C22H26N2O3/c25-22(27-17-18-5-2-1-3-6-18)24-10-4-7-19-8-9-21(15-20(19)16-24)23-11-13-26-14-12-23/h1-3,5-6,8-9,15H,4,7,10-14,16-17H2. The van der Waals surface area contributed by atoms with E-state index in [1.54, 1.807) is 0 Å². The smallest absolute Gasteiger partial charge is 0.410 e. The summed E-state index contributed by atoms with van der Waals surface area (Å²) in [5.41, 5.74) is 4.80. The number of amides is 1. The second kappa shape index (κ2) is 8.44. The van der Waals surface area contributed by atoms with E-state index < -0.39 is 0 Å². The average Bonchev–Trinajstić information content (AvgIpc) is 2.95. The molecule has 5 nitrogen and oxygen atoms in total. The first-order valence-corrected chi connectivity index (χ1v) is 9.70. The van der Waals surface area contributed by atoms with Crippen molar-refractivity contribution in [3.05, 3.63) is 65.2 Å². The van der Waals surface area contributed by atoms with Crippen LogP contribution in [0.25, 0.3) is 0 Å². The molecule has 0 radical (unpaired) electrons. The zero-order chi connectivity index (χ0) is 18.5. The number of hydrogen-bond donors (Lipinski definition) is 0. The summed E-state index contributed by atoms with van der Waals surface area (Å²) in [5, 5.41) is 0. The van der Waals surface area contributed by atoms with Crippen LogP contribution < -0.4 is 4.90 Å². The van der Waals surface area contributed by atoms with E-state index in [1.165, 1.54) is 16.8 Å². The van der Waals surface area contributed by atoms with Gasteiger partial charge in [-0.05, 0) is 41.7 Å². The van der Waals surface area contributed by atoms with Gasteiger partial charge in [-0.15, -0.1) is 0 Å². The zero-order valence-corrected chi connectivity index (χ0v) is 15.6. The summed E-state index contributed by atoms with van der Waals surface area (Å²) in [5.74, 6) is 0. The molecule has 2 aliphatic heterocycles. The maximum atomic E-state index is 12.6. The predicted molar refractivity (Wildman–Crippen MR) is 105 cm³/mol. The van der Waals surface area contributed by atoms with Crippen LogP contribution in [0.4, 0.5) is 10.5 Å². The molecule has 0 atom stereocenters. The van der Waals surface area contributed by atoms with Gasteiger partial charge in [-0.25, -0.2) is 4.79 Å². The lowest BCUT2D eigenvalue weighted by Gasteiger charge is -2.29. The number of carbonyl (C=O) groups is 1. The molecule has 0 unspecified atom stereocenters. The fourth-order valence-electron chi connectivity index (χ4n) is 3.73. The number of hydrogen-bond acceptors (Lipinski definition) is 4. The highest BCUT2D eigenvalue weighted by molar-refractivity contribution is 5.68. The van der Waals surface area contributed by atoms with E-state index in [2.05, 4.69) is 23.1 Å². The molecule has 27 heavy (non-hydrogen) atoms. The van der Waals surface area contributed by atoms with Crippen LogP contribution in [0.5, 0.6) is 0 Å². The molecule has 2 aliphatic rings. The van der Waals surface area contributed by atoms with Gasteiger partial charge in [0.05, 0.1) is 13.2 Å². The molecule has 2 aromatic rings. The largest absolute Gasteiger partial charge is 0.445 e. The molecule has 0 aromatic heterocycles. The van der Waals surface area contributed by atoms with E-state index in [0.717, 1.165) is 51.3 Å². The third-order valence-electron chi connectivity index (χ3n) is 5.26. The van der Waals surface area contributed by atoms with Crippen LogP contribution in [0, 0.1) is 0 Å². The molecule has 1 saturated heterocycles. The summed E-state index contributed by atoms with van der Waals surface area (Å²) >= 11 is 0. The Bertz CT molecular complexity index is 772. The number of morpholine rings is 1. The van der Waals surface area contributed by atoms with Gasteiger partial charge < -0.3 is 19.3 Å². The van der Waals surface area contributed by atoms with Crippen LogP contribution in [0.2, 0.25) is 0 Å². The van der Waals surface area contributed by atoms with Crippen molar-refractivity contribution in [1.82, 2.24) is 4.90 Å². The van der Waals surface area contributed by atoms with E-state index in [-0.39, 0.29) is 6.09 Å². The van der Waals surface area contributed by atoms with Crippen LogP contribution >= 0.6 is 0 Å². The molecule has 2 aromatic carbocycles. The fourth-order valence-corrected chi connectivity index (χ4v) is 3.73. The number of rotatable bonds is 3. The lowest BCUT2D eigenvalue weighted by atomic mass is 10.0. The summed E-state index contributed by atoms with van der Waals surface area (Å²) < 4.78 is 11.0. The third-order valence-corrected chi connectivity index (χ3v) is 5.26. The first-order valence-electron chi connectivity index (χ1n) is 9.70. The Hall–Kier alpha value is -2.53. The maximum absolute atomic E-state index is 12.6. The number of benzene rings is 2. The monoisotopic (exact) mass is 366 g/mol. The number of carbonyl (C=O) groups excluding carboxylic acids is 1. The number of fused-ring (bicyclic) bond motifs is 1. The van der Waals surface area contributed by atoms with Crippen LogP contribution in [-0.4, -0.2) is 43.8 Å². The van der Waals surface area contributed by atoms with Crippen molar-refractivity contribution in [3.63, 3.8) is 0 Å². The van der Waals surface area contributed by atoms with Crippen molar-refractivity contribution in [3.8, 4) is 0 Å². The normalized spacial score (nSPS) is 17.2. The van der Waals surface area contributed by atoms with Gasteiger partial charge in [-0.1, -0.05) is 36.4 Å². The summed E-state index contributed by atoms with van der Waals surface area (Å²) in [6, 6.07) is 16.5. The molecular formula is C22H26N2O3. The molecule has 0 bridgehead atoms. The molecule has 0 saturated carbocycles. The van der Waals surface area contributed by atoms with Gasteiger partial charge in [-0.2, -0.15) is 0 Å². The quantitative estimate of drug-likeness (QED) is 0.832. The van der Waals surface area contributed by atoms with E-state index in [1.807, 2.05) is 35.2 Å². The van der Waals surface area contributed by atoms with Gasteiger partial charge >= 0.3 is 6.09 Å². The first-order chi connectivity index (χ1) is 13.3. The molecule has 2 heterocycles. The molecule has 0 spiro atoms. The van der Waals surface area contributed by atoms with Gasteiger partial charge in [0.2, 0.25) is 0 Å². The van der Waals surface area contributed by atoms with Gasteiger partial charge in [0.1, 0.15) is 6.61 Å². The van der Waals surface area contributed by atoms with Crippen molar-refractivity contribution in [2.45, 2.75) is 26.0 Å². The molecule has 1 fully saturated rings. The maximum Gasteiger partial charge on any atom is 0.410 e. The van der Waals surface area contributed by atoms with Gasteiger partial charge in [0.15, 0.2) is 0 Å². The number of nitrogens with zero attached hydrogens (tertiary/aromatic N) is 2. The molecule has 1 amide bonds. The average molecular weight is 366 g/mol. The van der Waals surface area contributed by atoms with Crippen molar-refractivity contribution in [2.75, 3.05) is 37.7 Å². The highest BCUT2D eigenvalue weighted by Crippen LogP contribution is 2.25. The minimum atomic E-state index is -0.233. The Morgan fingerprint density at radius 1 is 1.00 bits per heavy atom. The summed E-state index contributed by atoms with van der Waals surface area (Å²) in [6.07, 6.45) is 1.73. The van der Waals surface area contributed by atoms with Crippen LogP contribution in [-0.2, 0) is 29.0 Å². The number of ether oxygens (including phenoxy) is 2. The Labute approximate surface area is 160 Å². The van der Waals surface area contributed by atoms with Crippen LogP contribution in [0.1, 0.15) is 23.1 Å². The Kier molecular flexibility index (Phi) is 5.58. The SMILES string of the molecule is O=C(OCc1ccccc1)N1CCCc2ccc(N3CCOCC3)cc2C1. The molecule has 142 valence electrons. The first kappa shape index (κ1) is 17.9. The van der Waals surface area contributed by atoms with Crippen molar-refractivity contribution in [1.29, 1.82) is 0 Å². The van der Waals surface area contributed by atoms with Crippen molar-refractivity contribution in [2.24, 2.45) is 0 Å².